The van der Waals surface area contributed by atoms with Gasteiger partial charge in [-0.3, -0.25) is 0 Å². The predicted molar refractivity (Wildman–Crippen MR) is 92.4 cm³/mol. The first kappa shape index (κ1) is 18.4. The lowest BCUT2D eigenvalue weighted by Gasteiger charge is -2.08. The highest BCUT2D eigenvalue weighted by atomic mass is 35.5. The van der Waals surface area contributed by atoms with Gasteiger partial charge in [-0.05, 0) is 35.2 Å². The number of hydrogen-bond acceptors (Lipinski definition) is 2. The van der Waals surface area contributed by atoms with Crippen molar-refractivity contribution in [3.8, 4) is 11.5 Å². The maximum atomic E-state index is 5.92. The lowest BCUT2D eigenvalue weighted by atomic mass is 10.1. The number of methoxy groups -OCH3 is 2. The molecular weight excluding hydrogens is 345 g/mol. The fraction of sp³-hybridized carbons (Fsp3) is 0.211. The van der Waals surface area contributed by atoms with Crippen molar-refractivity contribution in [2.75, 3.05) is 14.2 Å². The van der Waals surface area contributed by atoms with Crippen molar-refractivity contribution in [2.45, 2.75) is 13.0 Å². The SMILES string of the molecule is COc1cc2cc[n+](CCc3ccc(Cl)cc3)cc2cc1OC.[Cl-]. The predicted octanol–water partition coefficient (Wildman–Crippen LogP) is 1.04. The van der Waals surface area contributed by atoms with Gasteiger partial charge in [-0.1, -0.05) is 23.7 Å². The van der Waals surface area contributed by atoms with E-state index >= 15 is 0 Å². The van der Waals surface area contributed by atoms with Gasteiger partial charge >= 0.3 is 0 Å². The molecule has 3 rings (SSSR count). The van der Waals surface area contributed by atoms with E-state index in [0.717, 1.165) is 40.3 Å². The number of halogens is 2. The molecule has 3 nitrogen and oxygen atoms in total. The van der Waals surface area contributed by atoms with E-state index in [9.17, 15) is 0 Å². The monoisotopic (exact) mass is 363 g/mol. The summed E-state index contributed by atoms with van der Waals surface area (Å²) in [5.41, 5.74) is 1.27. The van der Waals surface area contributed by atoms with Crippen molar-refractivity contribution in [2.24, 2.45) is 0 Å². The number of nitrogens with zero attached hydrogens (tertiary/aromatic N) is 1. The fourth-order valence-corrected chi connectivity index (χ4v) is 2.74. The van der Waals surface area contributed by atoms with Crippen LogP contribution in [0.2, 0.25) is 5.02 Å². The average Bonchev–Trinajstić information content (AvgIpc) is 2.59. The Morgan fingerprint density at radius 2 is 1.54 bits per heavy atom. The molecule has 0 aliphatic rings. The standard InChI is InChI=1S/C19H19ClNO2.ClH/c1-22-18-11-15-8-10-21(13-16(15)12-19(18)23-2)9-7-14-3-5-17(20)6-4-14;/h3-6,8,10-13H,7,9H2,1-2H3;1H/q+1;/p-1. The minimum atomic E-state index is 0. The summed E-state index contributed by atoms with van der Waals surface area (Å²) in [6.07, 6.45) is 5.18. The maximum Gasteiger partial charge on any atom is 0.176 e. The van der Waals surface area contributed by atoms with Crippen LogP contribution in [-0.2, 0) is 13.0 Å². The number of aryl methyl sites for hydroxylation is 2. The van der Waals surface area contributed by atoms with Crippen LogP contribution in [0, 0.1) is 0 Å². The Bertz CT molecular complexity index is 819. The quantitative estimate of drug-likeness (QED) is 0.632. The largest absolute Gasteiger partial charge is 1.00 e. The summed E-state index contributed by atoms with van der Waals surface area (Å²) in [5, 5.41) is 3.03. The molecule has 24 heavy (non-hydrogen) atoms. The van der Waals surface area contributed by atoms with E-state index < -0.39 is 0 Å². The van der Waals surface area contributed by atoms with Crippen LogP contribution in [0.1, 0.15) is 5.56 Å². The number of rotatable bonds is 5. The zero-order valence-electron chi connectivity index (χ0n) is 13.6. The van der Waals surface area contributed by atoms with Gasteiger partial charge in [-0.15, -0.1) is 0 Å². The van der Waals surface area contributed by atoms with Crippen LogP contribution in [0.3, 0.4) is 0 Å². The lowest BCUT2D eigenvalue weighted by Crippen LogP contribution is -3.00. The van der Waals surface area contributed by atoms with E-state index in [1.54, 1.807) is 14.2 Å². The third kappa shape index (κ3) is 4.11. The first-order valence-corrected chi connectivity index (χ1v) is 7.86. The van der Waals surface area contributed by atoms with Crippen LogP contribution < -0.4 is 26.4 Å². The highest BCUT2D eigenvalue weighted by Gasteiger charge is 2.09. The van der Waals surface area contributed by atoms with Crippen molar-refractivity contribution in [1.82, 2.24) is 0 Å². The number of fused-ring (bicyclic) bond motifs is 1. The van der Waals surface area contributed by atoms with Gasteiger partial charge in [0.05, 0.1) is 14.2 Å². The van der Waals surface area contributed by atoms with E-state index in [0.29, 0.717) is 0 Å². The maximum absolute atomic E-state index is 5.92. The number of aromatic nitrogens is 1. The molecule has 0 aliphatic carbocycles. The molecule has 0 amide bonds. The molecule has 1 heterocycles. The van der Waals surface area contributed by atoms with Crippen LogP contribution in [0.15, 0.2) is 54.9 Å². The molecule has 0 saturated carbocycles. The van der Waals surface area contributed by atoms with Crippen LogP contribution in [0.4, 0.5) is 0 Å². The van der Waals surface area contributed by atoms with Crippen molar-refractivity contribution >= 4 is 22.4 Å². The Morgan fingerprint density at radius 3 is 2.17 bits per heavy atom. The van der Waals surface area contributed by atoms with E-state index in [1.807, 2.05) is 24.3 Å². The Morgan fingerprint density at radius 1 is 0.917 bits per heavy atom. The van der Waals surface area contributed by atoms with Crippen LogP contribution in [0.5, 0.6) is 11.5 Å². The minimum absolute atomic E-state index is 0. The number of hydrogen-bond donors (Lipinski definition) is 0. The van der Waals surface area contributed by atoms with E-state index in [4.69, 9.17) is 21.1 Å². The minimum Gasteiger partial charge on any atom is -1.00 e. The van der Waals surface area contributed by atoms with Crippen molar-refractivity contribution < 1.29 is 26.4 Å². The molecule has 0 N–H and O–H groups in total. The van der Waals surface area contributed by atoms with Crippen molar-refractivity contribution in [1.29, 1.82) is 0 Å². The molecule has 0 radical (unpaired) electrons. The number of benzene rings is 2. The second-order valence-corrected chi connectivity index (χ2v) is 5.83. The summed E-state index contributed by atoms with van der Waals surface area (Å²) in [5.74, 6) is 1.49. The smallest absolute Gasteiger partial charge is 0.176 e. The molecule has 5 heteroatoms. The Hall–Kier alpha value is -1.97. The summed E-state index contributed by atoms with van der Waals surface area (Å²) < 4.78 is 12.9. The molecule has 0 bridgehead atoms. The highest BCUT2D eigenvalue weighted by Crippen LogP contribution is 2.31. The van der Waals surface area contributed by atoms with Gasteiger partial charge in [-0.2, -0.15) is 0 Å². The summed E-state index contributed by atoms with van der Waals surface area (Å²) >= 11 is 5.92. The Labute approximate surface area is 153 Å². The van der Waals surface area contributed by atoms with E-state index in [-0.39, 0.29) is 12.4 Å². The second kappa shape index (κ2) is 8.22. The third-order valence-electron chi connectivity index (χ3n) is 3.91. The van der Waals surface area contributed by atoms with Gasteiger partial charge < -0.3 is 21.9 Å². The van der Waals surface area contributed by atoms with Gasteiger partial charge in [-0.25, -0.2) is 4.57 Å². The molecule has 0 aliphatic heterocycles. The van der Waals surface area contributed by atoms with E-state index in [1.165, 1.54) is 5.56 Å². The molecule has 2 aromatic carbocycles. The van der Waals surface area contributed by atoms with Gasteiger partial charge in [0.1, 0.15) is 0 Å². The molecule has 0 saturated heterocycles. The topological polar surface area (TPSA) is 22.3 Å². The first-order chi connectivity index (χ1) is 11.2. The normalized spacial score (nSPS) is 10.3. The lowest BCUT2D eigenvalue weighted by molar-refractivity contribution is -0.695. The van der Waals surface area contributed by atoms with Gasteiger partial charge in [0.2, 0.25) is 0 Å². The summed E-state index contributed by atoms with van der Waals surface area (Å²) in [6, 6.07) is 14.1. The Balaban J connectivity index is 0.00000208. The zero-order chi connectivity index (χ0) is 16.2. The van der Waals surface area contributed by atoms with Gasteiger partial charge in [0, 0.05) is 22.9 Å². The van der Waals surface area contributed by atoms with Crippen LogP contribution >= 0.6 is 11.6 Å². The number of ether oxygens (including phenoxy) is 2. The summed E-state index contributed by atoms with van der Waals surface area (Å²) in [7, 11) is 3.31. The summed E-state index contributed by atoms with van der Waals surface area (Å²) in [6.45, 7) is 0.909. The molecule has 3 aromatic rings. The molecule has 0 spiro atoms. The average molecular weight is 364 g/mol. The third-order valence-corrected chi connectivity index (χ3v) is 4.16. The van der Waals surface area contributed by atoms with Crippen LogP contribution in [-0.4, -0.2) is 14.2 Å². The second-order valence-electron chi connectivity index (χ2n) is 5.40. The fourth-order valence-electron chi connectivity index (χ4n) is 2.61. The van der Waals surface area contributed by atoms with Crippen molar-refractivity contribution in [3.63, 3.8) is 0 Å². The molecule has 0 fully saturated rings. The number of pyridine rings is 1. The molecular formula is C19H19Cl2NO2. The molecule has 1 aromatic heterocycles. The van der Waals surface area contributed by atoms with Crippen LogP contribution in [0.25, 0.3) is 10.8 Å². The Kier molecular flexibility index (Phi) is 6.29. The van der Waals surface area contributed by atoms with Crippen molar-refractivity contribution in [3.05, 3.63) is 65.4 Å². The summed E-state index contributed by atoms with van der Waals surface area (Å²) in [4.78, 5) is 0. The highest BCUT2D eigenvalue weighted by molar-refractivity contribution is 6.30. The molecule has 0 unspecified atom stereocenters. The van der Waals surface area contributed by atoms with Gasteiger partial charge in [0.25, 0.3) is 0 Å². The molecule has 126 valence electrons. The first-order valence-electron chi connectivity index (χ1n) is 7.49. The van der Waals surface area contributed by atoms with Gasteiger partial charge in [0.15, 0.2) is 30.4 Å². The van der Waals surface area contributed by atoms with E-state index in [2.05, 4.69) is 35.2 Å². The zero-order valence-corrected chi connectivity index (χ0v) is 15.1. The molecule has 0 atom stereocenters.